The molecule has 0 saturated carbocycles. The number of nitrogens with zero attached hydrogens (tertiary/aromatic N) is 3. The van der Waals surface area contributed by atoms with Gasteiger partial charge in [-0.15, -0.1) is 0 Å². The summed E-state index contributed by atoms with van der Waals surface area (Å²) in [6, 6.07) is 10.8. The van der Waals surface area contributed by atoms with Crippen molar-refractivity contribution >= 4 is 11.0 Å². The Kier molecular flexibility index (Phi) is 3.81. The SMILES string of the molecule is Cc1ccc2c(c1)nc1n2[C@@H](CNCc2cccnc2)COC1. The topological polar surface area (TPSA) is 52.0 Å². The number of aromatic nitrogens is 3. The van der Waals surface area contributed by atoms with Gasteiger partial charge in [-0.2, -0.15) is 0 Å². The van der Waals surface area contributed by atoms with E-state index < -0.39 is 0 Å². The van der Waals surface area contributed by atoms with E-state index >= 15 is 0 Å². The minimum absolute atomic E-state index is 0.267. The lowest BCUT2D eigenvalue weighted by Crippen LogP contribution is -2.32. The molecule has 0 spiro atoms. The van der Waals surface area contributed by atoms with Crippen molar-refractivity contribution in [1.29, 1.82) is 0 Å². The van der Waals surface area contributed by atoms with Crippen molar-refractivity contribution < 1.29 is 4.74 Å². The molecule has 5 nitrogen and oxygen atoms in total. The van der Waals surface area contributed by atoms with Crippen molar-refractivity contribution in [2.24, 2.45) is 0 Å². The Bertz CT molecular complexity index is 813. The number of benzene rings is 1. The number of ether oxygens (including phenoxy) is 1. The highest BCUT2D eigenvalue weighted by Crippen LogP contribution is 2.26. The fourth-order valence-corrected chi connectivity index (χ4v) is 3.16. The highest BCUT2D eigenvalue weighted by atomic mass is 16.5. The molecule has 1 N–H and O–H groups in total. The van der Waals surface area contributed by atoms with E-state index in [0.717, 1.165) is 24.4 Å². The molecule has 0 bridgehead atoms. The van der Waals surface area contributed by atoms with Gasteiger partial charge in [-0.05, 0) is 36.2 Å². The van der Waals surface area contributed by atoms with Gasteiger partial charge in [0, 0.05) is 25.5 Å². The molecule has 5 heteroatoms. The Morgan fingerprint density at radius 1 is 1.35 bits per heavy atom. The minimum atomic E-state index is 0.267. The molecule has 0 fully saturated rings. The summed E-state index contributed by atoms with van der Waals surface area (Å²) in [6.45, 7) is 5.06. The van der Waals surface area contributed by atoms with Crippen LogP contribution in [-0.2, 0) is 17.9 Å². The zero-order valence-corrected chi connectivity index (χ0v) is 13.2. The van der Waals surface area contributed by atoms with Crippen LogP contribution in [0.15, 0.2) is 42.7 Å². The summed E-state index contributed by atoms with van der Waals surface area (Å²) in [7, 11) is 0. The van der Waals surface area contributed by atoms with Crippen molar-refractivity contribution in [3.05, 3.63) is 59.7 Å². The largest absolute Gasteiger partial charge is 0.371 e. The third kappa shape index (κ3) is 2.85. The third-order valence-corrected chi connectivity index (χ3v) is 4.26. The Hall–Kier alpha value is -2.24. The van der Waals surface area contributed by atoms with Gasteiger partial charge in [0.25, 0.3) is 0 Å². The van der Waals surface area contributed by atoms with Gasteiger partial charge in [-0.3, -0.25) is 4.98 Å². The van der Waals surface area contributed by atoms with Crippen LogP contribution >= 0.6 is 0 Å². The van der Waals surface area contributed by atoms with E-state index in [9.17, 15) is 0 Å². The van der Waals surface area contributed by atoms with Crippen molar-refractivity contribution in [2.75, 3.05) is 13.2 Å². The van der Waals surface area contributed by atoms with Gasteiger partial charge in [0.15, 0.2) is 0 Å². The van der Waals surface area contributed by atoms with Gasteiger partial charge in [0.2, 0.25) is 0 Å². The average molecular weight is 308 g/mol. The molecule has 2 aromatic heterocycles. The second kappa shape index (κ2) is 6.10. The number of fused-ring (bicyclic) bond motifs is 3. The lowest BCUT2D eigenvalue weighted by molar-refractivity contribution is 0.0564. The van der Waals surface area contributed by atoms with E-state index in [1.807, 2.05) is 12.3 Å². The minimum Gasteiger partial charge on any atom is -0.371 e. The van der Waals surface area contributed by atoms with Crippen molar-refractivity contribution in [3.8, 4) is 0 Å². The number of pyridine rings is 1. The zero-order chi connectivity index (χ0) is 15.6. The molecule has 0 unspecified atom stereocenters. The van der Waals surface area contributed by atoms with Gasteiger partial charge < -0.3 is 14.6 Å². The first-order chi connectivity index (χ1) is 11.3. The van der Waals surface area contributed by atoms with Crippen LogP contribution in [0.3, 0.4) is 0 Å². The van der Waals surface area contributed by atoms with E-state index in [0.29, 0.717) is 13.2 Å². The summed E-state index contributed by atoms with van der Waals surface area (Å²) in [6.07, 6.45) is 3.69. The highest BCUT2D eigenvalue weighted by Gasteiger charge is 2.23. The maximum absolute atomic E-state index is 5.74. The Labute approximate surface area is 135 Å². The van der Waals surface area contributed by atoms with Crippen LogP contribution in [0.4, 0.5) is 0 Å². The first kappa shape index (κ1) is 14.4. The summed E-state index contributed by atoms with van der Waals surface area (Å²) in [5.74, 6) is 1.02. The molecule has 0 saturated heterocycles. The Morgan fingerprint density at radius 2 is 2.30 bits per heavy atom. The number of aryl methyl sites for hydroxylation is 1. The Morgan fingerprint density at radius 3 is 3.17 bits per heavy atom. The predicted octanol–water partition coefficient (Wildman–Crippen LogP) is 2.60. The van der Waals surface area contributed by atoms with E-state index in [4.69, 9.17) is 9.72 Å². The standard InChI is InChI=1S/C18H20N4O/c1-13-4-5-17-16(7-13)21-18-12-23-11-15(22(17)18)10-20-9-14-3-2-6-19-8-14/h2-8,15,20H,9-12H2,1H3/t15-/m0/s1. The summed E-state index contributed by atoms with van der Waals surface area (Å²) >= 11 is 0. The molecule has 0 aliphatic carbocycles. The van der Waals surface area contributed by atoms with Crippen molar-refractivity contribution in [2.45, 2.75) is 26.1 Å². The summed E-state index contributed by atoms with van der Waals surface area (Å²) in [5.41, 5.74) is 4.68. The van der Waals surface area contributed by atoms with Gasteiger partial charge in [-0.1, -0.05) is 12.1 Å². The molecule has 1 aromatic carbocycles. The summed E-state index contributed by atoms with van der Waals surface area (Å²) < 4.78 is 8.06. The number of nitrogens with one attached hydrogen (secondary N) is 1. The van der Waals surface area contributed by atoms with E-state index in [-0.39, 0.29) is 6.04 Å². The highest BCUT2D eigenvalue weighted by molar-refractivity contribution is 5.77. The fourth-order valence-electron chi connectivity index (χ4n) is 3.16. The lowest BCUT2D eigenvalue weighted by Gasteiger charge is -2.26. The molecule has 23 heavy (non-hydrogen) atoms. The molecule has 118 valence electrons. The first-order valence-corrected chi connectivity index (χ1v) is 7.96. The number of hydrogen-bond donors (Lipinski definition) is 1. The second-order valence-electron chi connectivity index (χ2n) is 6.05. The summed E-state index contributed by atoms with van der Waals surface area (Å²) in [5, 5.41) is 3.51. The summed E-state index contributed by atoms with van der Waals surface area (Å²) in [4.78, 5) is 8.88. The van der Waals surface area contributed by atoms with E-state index in [1.165, 1.54) is 16.6 Å². The first-order valence-electron chi connectivity index (χ1n) is 7.96. The van der Waals surface area contributed by atoms with Crippen molar-refractivity contribution in [3.63, 3.8) is 0 Å². The van der Waals surface area contributed by atoms with Gasteiger partial charge in [0.1, 0.15) is 12.4 Å². The van der Waals surface area contributed by atoms with Gasteiger partial charge in [0.05, 0.1) is 23.7 Å². The van der Waals surface area contributed by atoms with Gasteiger partial charge >= 0.3 is 0 Å². The maximum atomic E-state index is 5.74. The molecular weight excluding hydrogens is 288 g/mol. The van der Waals surface area contributed by atoms with Crippen LogP contribution in [-0.4, -0.2) is 27.7 Å². The normalized spacial score (nSPS) is 17.3. The molecule has 1 atom stereocenters. The van der Waals surface area contributed by atoms with Crippen LogP contribution in [0.5, 0.6) is 0 Å². The third-order valence-electron chi connectivity index (χ3n) is 4.26. The molecule has 1 aliphatic rings. The van der Waals surface area contributed by atoms with E-state index in [2.05, 4.69) is 46.1 Å². The van der Waals surface area contributed by atoms with Gasteiger partial charge in [-0.25, -0.2) is 4.98 Å². The second-order valence-corrected chi connectivity index (χ2v) is 6.05. The maximum Gasteiger partial charge on any atom is 0.136 e. The smallest absolute Gasteiger partial charge is 0.136 e. The zero-order valence-electron chi connectivity index (χ0n) is 13.2. The Balaban J connectivity index is 1.54. The quantitative estimate of drug-likeness (QED) is 0.805. The molecule has 0 amide bonds. The monoisotopic (exact) mass is 308 g/mol. The van der Waals surface area contributed by atoms with Crippen LogP contribution in [0, 0.1) is 6.92 Å². The van der Waals surface area contributed by atoms with E-state index in [1.54, 1.807) is 6.20 Å². The average Bonchev–Trinajstić information content (AvgIpc) is 2.94. The van der Waals surface area contributed by atoms with Crippen LogP contribution in [0.1, 0.15) is 23.0 Å². The molecule has 1 aliphatic heterocycles. The van der Waals surface area contributed by atoms with Crippen LogP contribution in [0.25, 0.3) is 11.0 Å². The molecular formula is C18H20N4O. The number of rotatable bonds is 4. The fraction of sp³-hybridized carbons (Fsp3) is 0.333. The number of imidazole rings is 1. The van der Waals surface area contributed by atoms with Crippen molar-refractivity contribution in [1.82, 2.24) is 19.9 Å². The molecule has 0 radical (unpaired) electrons. The predicted molar refractivity (Wildman–Crippen MR) is 89.1 cm³/mol. The molecule has 4 rings (SSSR count). The van der Waals surface area contributed by atoms with Crippen LogP contribution in [0.2, 0.25) is 0 Å². The lowest BCUT2D eigenvalue weighted by atomic mass is 10.2. The molecule has 3 aromatic rings. The number of hydrogen-bond acceptors (Lipinski definition) is 4. The molecule has 3 heterocycles. The van der Waals surface area contributed by atoms with Crippen LogP contribution < -0.4 is 5.32 Å².